The quantitative estimate of drug-likeness (QED) is 0.710. The average Bonchev–Trinajstić information content (AvgIpc) is 2.61. The van der Waals surface area contributed by atoms with E-state index in [-0.39, 0.29) is 17.6 Å². The SMILES string of the molecule is COc1ccc(N(CC(=O)N[C@@H](C)c2cc(C)c(C)cc2C)S(C)(=O)=O)cc1Cl. The highest BCUT2D eigenvalue weighted by atomic mass is 35.5. The van der Waals surface area contributed by atoms with Crippen molar-refractivity contribution in [3.8, 4) is 5.75 Å². The number of ether oxygens (including phenoxy) is 1. The lowest BCUT2D eigenvalue weighted by atomic mass is 9.96. The molecule has 0 saturated heterocycles. The zero-order valence-corrected chi connectivity index (χ0v) is 19.1. The number of carbonyl (C=O) groups is 1. The molecule has 0 unspecified atom stereocenters. The van der Waals surface area contributed by atoms with Crippen LogP contribution in [0.4, 0.5) is 5.69 Å². The van der Waals surface area contributed by atoms with Gasteiger partial charge in [0.05, 0.1) is 30.1 Å². The molecule has 0 saturated carbocycles. The molecule has 8 heteroatoms. The van der Waals surface area contributed by atoms with Crippen LogP contribution in [0.25, 0.3) is 0 Å². The number of aryl methyl sites for hydroxylation is 3. The van der Waals surface area contributed by atoms with E-state index in [9.17, 15) is 13.2 Å². The summed E-state index contributed by atoms with van der Waals surface area (Å²) in [4.78, 5) is 12.7. The van der Waals surface area contributed by atoms with Gasteiger partial charge in [-0.3, -0.25) is 9.10 Å². The van der Waals surface area contributed by atoms with Gasteiger partial charge in [-0.25, -0.2) is 8.42 Å². The Kier molecular flexibility index (Phi) is 7.19. The summed E-state index contributed by atoms with van der Waals surface area (Å²) in [5.74, 6) is 0.0136. The first kappa shape index (κ1) is 23.0. The zero-order valence-electron chi connectivity index (χ0n) is 17.5. The van der Waals surface area contributed by atoms with Crippen LogP contribution in [0, 0.1) is 20.8 Å². The number of nitrogens with zero attached hydrogens (tertiary/aromatic N) is 1. The van der Waals surface area contributed by atoms with Crippen LogP contribution in [0.15, 0.2) is 30.3 Å². The second-order valence-electron chi connectivity index (χ2n) is 7.17. The first-order valence-electron chi connectivity index (χ1n) is 9.12. The number of halogens is 1. The van der Waals surface area contributed by atoms with Gasteiger partial charge in [-0.05, 0) is 68.1 Å². The summed E-state index contributed by atoms with van der Waals surface area (Å²) < 4.78 is 30.7. The van der Waals surface area contributed by atoms with Gasteiger partial charge in [0.1, 0.15) is 12.3 Å². The van der Waals surface area contributed by atoms with Crippen molar-refractivity contribution in [3.63, 3.8) is 0 Å². The normalized spacial score (nSPS) is 12.4. The van der Waals surface area contributed by atoms with E-state index in [2.05, 4.69) is 11.4 Å². The largest absolute Gasteiger partial charge is 0.495 e. The van der Waals surface area contributed by atoms with E-state index in [1.54, 1.807) is 12.1 Å². The van der Waals surface area contributed by atoms with Crippen molar-refractivity contribution in [3.05, 3.63) is 57.6 Å². The third kappa shape index (κ3) is 5.64. The number of hydrogen-bond donors (Lipinski definition) is 1. The van der Waals surface area contributed by atoms with Gasteiger partial charge in [0, 0.05) is 0 Å². The summed E-state index contributed by atoms with van der Waals surface area (Å²) in [5, 5.41) is 3.15. The molecule has 0 aliphatic rings. The molecule has 0 bridgehead atoms. The highest BCUT2D eigenvalue weighted by Gasteiger charge is 2.23. The molecule has 2 rings (SSSR count). The Morgan fingerprint density at radius 3 is 2.31 bits per heavy atom. The maximum atomic E-state index is 12.7. The van der Waals surface area contributed by atoms with Gasteiger partial charge in [0.2, 0.25) is 15.9 Å². The minimum absolute atomic E-state index is 0.261. The molecule has 0 spiro atoms. The molecule has 1 N–H and O–H groups in total. The molecule has 29 heavy (non-hydrogen) atoms. The number of benzene rings is 2. The lowest BCUT2D eigenvalue weighted by Gasteiger charge is -2.24. The van der Waals surface area contributed by atoms with E-state index in [1.807, 2.05) is 33.8 Å². The topological polar surface area (TPSA) is 75.7 Å². The summed E-state index contributed by atoms with van der Waals surface area (Å²) in [6.07, 6.45) is 1.05. The van der Waals surface area contributed by atoms with Gasteiger partial charge in [-0.2, -0.15) is 0 Å². The Balaban J connectivity index is 2.23. The number of anilines is 1. The first-order valence-corrected chi connectivity index (χ1v) is 11.3. The number of amides is 1. The Hall–Kier alpha value is -2.25. The Morgan fingerprint density at radius 1 is 1.14 bits per heavy atom. The monoisotopic (exact) mass is 438 g/mol. The molecular weight excluding hydrogens is 412 g/mol. The summed E-state index contributed by atoms with van der Waals surface area (Å²) in [6.45, 7) is 7.58. The number of carbonyl (C=O) groups excluding carboxylic acids is 1. The third-order valence-electron chi connectivity index (χ3n) is 4.84. The summed E-state index contributed by atoms with van der Waals surface area (Å²) in [7, 11) is -2.23. The number of rotatable bonds is 7. The molecule has 0 aliphatic heterocycles. The summed E-state index contributed by atoms with van der Waals surface area (Å²) in [5.41, 5.74) is 4.69. The van der Waals surface area contributed by atoms with Crippen LogP contribution in [0.2, 0.25) is 5.02 Å². The first-order chi connectivity index (χ1) is 13.4. The average molecular weight is 439 g/mol. The van der Waals surface area contributed by atoms with Crippen LogP contribution in [0.5, 0.6) is 5.75 Å². The van der Waals surface area contributed by atoms with Crippen LogP contribution in [0.3, 0.4) is 0 Å². The van der Waals surface area contributed by atoms with E-state index in [0.29, 0.717) is 11.4 Å². The van der Waals surface area contributed by atoms with E-state index in [1.165, 1.54) is 18.7 Å². The molecule has 2 aromatic rings. The Bertz CT molecular complexity index is 1020. The molecule has 0 heterocycles. The van der Waals surface area contributed by atoms with Crippen molar-refractivity contribution < 1.29 is 17.9 Å². The molecular formula is C21H27ClN2O4S. The molecule has 0 aliphatic carbocycles. The van der Waals surface area contributed by atoms with Crippen LogP contribution in [-0.4, -0.2) is 34.2 Å². The predicted molar refractivity (Wildman–Crippen MR) is 117 cm³/mol. The number of nitrogens with one attached hydrogen (secondary N) is 1. The zero-order chi connectivity index (χ0) is 21.9. The molecule has 0 aromatic heterocycles. The van der Waals surface area contributed by atoms with Crippen molar-refractivity contribution in [1.82, 2.24) is 5.32 Å². The minimum atomic E-state index is -3.70. The molecule has 158 valence electrons. The second kappa shape index (κ2) is 9.05. The van der Waals surface area contributed by atoms with Crippen LogP contribution in [0.1, 0.15) is 35.2 Å². The van der Waals surface area contributed by atoms with Crippen molar-refractivity contribution in [2.45, 2.75) is 33.7 Å². The maximum Gasteiger partial charge on any atom is 0.241 e. The van der Waals surface area contributed by atoms with Crippen LogP contribution >= 0.6 is 11.6 Å². The second-order valence-corrected chi connectivity index (χ2v) is 9.48. The van der Waals surface area contributed by atoms with Gasteiger partial charge in [-0.1, -0.05) is 23.7 Å². The number of sulfonamides is 1. The number of methoxy groups -OCH3 is 1. The van der Waals surface area contributed by atoms with Crippen molar-refractivity contribution >= 4 is 33.2 Å². The Labute approximate surface area is 177 Å². The molecule has 2 aromatic carbocycles. The van der Waals surface area contributed by atoms with E-state index >= 15 is 0 Å². The fourth-order valence-corrected chi connectivity index (χ4v) is 4.26. The molecule has 0 radical (unpaired) electrons. The van der Waals surface area contributed by atoms with Crippen LogP contribution < -0.4 is 14.4 Å². The van der Waals surface area contributed by atoms with Crippen molar-refractivity contribution in [2.24, 2.45) is 0 Å². The highest BCUT2D eigenvalue weighted by Crippen LogP contribution is 2.30. The molecule has 0 fully saturated rings. The van der Waals surface area contributed by atoms with Gasteiger partial charge < -0.3 is 10.1 Å². The number of hydrogen-bond acceptors (Lipinski definition) is 4. The highest BCUT2D eigenvalue weighted by molar-refractivity contribution is 7.92. The van der Waals surface area contributed by atoms with Crippen molar-refractivity contribution in [1.29, 1.82) is 0 Å². The van der Waals surface area contributed by atoms with Gasteiger partial charge in [0.15, 0.2) is 0 Å². The third-order valence-corrected chi connectivity index (χ3v) is 6.27. The van der Waals surface area contributed by atoms with Crippen LogP contribution in [-0.2, 0) is 14.8 Å². The lowest BCUT2D eigenvalue weighted by Crippen LogP contribution is -2.41. The summed E-state index contributed by atoms with van der Waals surface area (Å²) >= 11 is 6.12. The van der Waals surface area contributed by atoms with E-state index in [0.717, 1.165) is 27.3 Å². The Morgan fingerprint density at radius 2 is 1.76 bits per heavy atom. The van der Waals surface area contributed by atoms with Gasteiger partial charge >= 0.3 is 0 Å². The van der Waals surface area contributed by atoms with E-state index < -0.39 is 15.9 Å². The van der Waals surface area contributed by atoms with Gasteiger partial charge in [0.25, 0.3) is 0 Å². The minimum Gasteiger partial charge on any atom is -0.495 e. The molecule has 6 nitrogen and oxygen atoms in total. The van der Waals surface area contributed by atoms with Gasteiger partial charge in [-0.15, -0.1) is 0 Å². The smallest absolute Gasteiger partial charge is 0.241 e. The van der Waals surface area contributed by atoms with Crippen molar-refractivity contribution in [2.75, 3.05) is 24.2 Å². The standard InChI is InChI=1S/C21H27ClN2O4S/c1-13-9-15(3)18(10-14(13)2)16(4)23-21(25)12-24(29(6,26)27)17-7-8-20(28-5)19(22)11-17/h7-11,16H,12H2,1-6H3,(H,23,25)/t16-/m0/s1. The summed E-state index contributed by atoms with van der Waals surface area (Å²) in [6, 6.07) is 8.45. The molecule has 1 atom stereocenters. The molecule has 1 amide bonds. The fourth-order valence-electron chi connectivity index (χ4n) is 3.16. The fraction of sp³-hybridized carbons (Fsp3) is 0.381. The maximum absolute atomic E-state index is 12.7. The lowest BCUT2D eigenvalue weighted by molar-refractivity contribution is -0.120. The van der Waals surface area contributed by atoms with E-state index in [4.69, 9.17) is 16.3 Å². The predicted octanol–water partition coefficient (Wildman–Crippen LogP) is 3.92.